The molecule has 0 saturated carbocycles. The summed E-state index contributed by atoms with van der Waals surface area (Å²) in [6.07, 6.45) is 3.37. The summed E-state index contributed by atoms with van der Waals surface area (Å²) in [4.78, 5) is 4.36. The number of nitrogens with zero attached hydrogens (tertiary/aromatic N) is 2. The van der Waals surface area contributed by atoms with Crippen LogP contribution in [0.4, 0.5) is 0 Å². The van der Waals surface area contributed by atoms with E-state index in [-0.39, 0.29) is 5.89 Å². The summed E-state index contributed by atoms with van der Waals surface area (Å²) in [7, 11) is 3.16. The second-order valence-corrected chi connectivity index (χ2v) is 6.03. The Morgan fingerprint density at radius 3 is 2.64 bits per heavy atom. The molecule has 0 bridgehead atoms. The molecule has 0 aliphatic carbocycles. The number of ether oxygens (including phenoxy) is 3. The smallest absolute Gasteiger partial charge is 0.269 e. The third kappa shape index (κ3) is 4.35. The van der Waals surface area contributed by atoms with Crippen molar-refractivity contribution in [2.45, 2.75) is 0 Å². The predicted octanol–water partition coefficient (Wildman–Crippen LogP) is 5.06. The molecule has 0 atom stereocenters. The molecule has 0 N–H and O–H groups in total. The second-order valence-electron chi connectivity index (χ2n) is 5.63. The maximum Gasteiger partial charge on any atom is 0.269 e. The molecule has 2 aromatic carbocycles. The fraction of sp³-hybridized carbons (Fsp3) is 0.143. The molecule has 0 unspecified atom stereocenters. The molecule has 6 nitrogen and oxygen atoms in total. The van der Waals surface area contributed by atoms with Gasteiger partial charge in [0.2, 0.25) is 5.82 Å². The van der Waals surface area contributed by atoms with Gasteiger partial charge in [0, 0.05) is 0 Å². The van der Waals surface area contributed by atoms with Crippen molar-refractivity contribution in [3.8, 4) is 28.6 Å². The molecule has 0 aliphatic heterocycles. The third-order valence-electron chi connectivity index (χ3n) is 3.82. The van der Waals surface area contributed by atoms with Gasteiger partial charge in [-0.05, 0) is 35.9 Å². The highest BCUT2D eigenvalue weighted by Gasteiger charge is 2.15. The SMILES string of the molecule is C=CCOc1ccc(/C=C(\Cl)c2nc(-c3ccccc3OC)no2)cc1OC. The van der Waals surface area contributed by atoms with E-state index in [0.29, 0.717) is 34.7 Å². The molecule has 0 fully saturated rings. The highest BCUT2D eigenvalue weighted by Crippen LogP contribution is 2.32. The zero-order chi connectivity index (χ0) is 19.9. The maximum absolute atomic E-state index is 6.38. The molecule has 0 saturated heterocycles. The minimum atomic E-state index is 0.202. The first-order chi connectivity index (χ1) is 13.7. The highest BCUT2D eigenvalue weighted by atomic mass is 35.5. The van der Waals surface area contributed by atoms with Gasteiger partial charge in [-0.15, -0.1) is 0 Å². The van der Waals surface area contributed by atoms with Crippen LogP contribution in [0, 0.1) is 0 Å². The number of methoxy groups -OCH3 is 2. The van der Waals surface area contributed by atoms with Crippen molar-refractivity contribution in [2.24, 2.45) is 0 Å². The van der Waals surface area contributed by atoms with Gasteiger partial charge in [0.1, 0.15) is 17.4 Å². The van der Waals surface area contributed by atoms with Gasteiger partial charge >= 0.3 is 0 Å². The van der Waals surface area contributed by atoms with E-state index in [0.717, 1.165) is 11.1 Å². The molecule has 0 spiro atoms. The summed E-state index contributed by atoms with van der Waals surface area (Å²) < 4.78 is 21.5. The summed E-state index contributed by atoms with van der Waals surface area (Å²) in [5.74, 6) is 2.44. The summed E-state index contributed by atoms with van der Waals surface area (Å²) >= 11 is 6.38. The van der Waals surface area contributed by atoms with E-state index < -0.39 is 0 Å². The Hall–Kier alpha value is -3.25. The lowest BCUT2D eigenvalue weighted by Crippen LogP contribution is -1.96. The van der Waals surface area contributed by atoms with Gasteiger partial charge < -0.3 is 18.7 Å². The van der Waals surface area contributed by atoms with E-state index in [1.165, 1.54) is 0 Å². The van der Waals surface area contributed by atoms with E-state index in [1.807, 2.05) is 30.3 Å². The predicted molar refractivity (Wildman–Crippen MR) is 109 cm³/mol. The lowest BCUT2D eigenvalue weighted by molar-refractivity contribution is 0.326. The lowest BCUT2D eigenvalue weighted by atomic mass is 10.2. The van der Waals surface area contributed by atoms with Gasteiger partial charge in [-0.1, -0.05) is 47.6 Å². The average Bonchev–Trinajstić information content (AvgIpc) is 3.23. The minimum Gasteiger partial charge on any atom is -0.496 e. The molecule has 0 radical (unpaired) electrons. The van der Waals surface area contributed by atoms with E-state index in [9.17, 15) is 0 Å². The third-order valence-corrected chi connectivity index (χ3v) is 4.09. The molecule has 0 amide bonds. The molecule has 1 aromatic heterocycles. The Labute approximate surface area is 168 Å². The largest absolute Gasteiger partial charge is 0.496 e. The van der Waals surface area contributed by atoms with Crippen LogP contribution in [-0.4, -0.2) is 31.0 Å². The molecule has 3 aromatic rings. The fourth-order valence-corrected chi connectivity index (χ4v) is 2.71. The van der Waals surface area contributed by atoms with Crippen LogP contribution in [0.3, 0.4) is 0 Å². The number of para-hydroxylation sites is 1. The van der Waals surface area contributed by atoms with Crippen molar-refractivity contribution in [3.05, 3.63) is 66.6 Å². The Balaban J connectivity index is 1.86. The highest BCUT2D eigenvalue weighted by molar-refractivity contribution is 6.50. The lowest BCUT2D eigenvalue weighted by Gasteiger charge is -2.09. The summed E-state index contributed by atoms with van der Waals surface area (Å²) in [6.45, 7) is 4.02. The number of aromatic nitrogens is 2. The van der Waals surface area contributed by atoms with E-state index in [4.69, 9.17) is 30.3 Å². The number of hydrogen-bond acceptors (Lipinski definition) is 6. The number of hydrogen-bond donors (Lipinski definition) is 0. The van der Waals surface area contributed by atoms with Gasteiger partial charge in [0.25, 0.3) is 5.89 Å². The normalized spacial score (nSPS) is 11.2. The molecule has 1 heterocycles. The summed E-state index contributed by atoms with van der Waals surface area (Å²) in [5.41, 5.74) is 1.51. The van der Waals surface area contributed by atoms with Gasteiger partial charge in [-0.2, -0.15) is 4.98 Å². The minimum absolute atomic E-state index is 0.202. The van der Waals surface area contributed by atoms with E-state index in [2.05, 4.69) is 16.7 Å². The van der Waals surface area contributed by atoms with Crippen LogP contribution in [0.15, 0.2) is 59.6 Å². The topological polar surface area (TPSA) is 66.6 Å². The molecule has 144 valence electrons. The molecule has 3 rings (SSSR count). The van der Waals surface area contributed by atoms with Crippen LogP contribution in [-0.2, 0) is 0 Å². The van der Waals surface area contributed by atoms with Crippen LogP contribution in [0.2, 0.25) is 0 Å². The maximum atomic E-state index is 6.38. The molecule has 28 heavy (non-hydrogen) atoms. The molecular formula is C21H19ClN2O4. The van der Waals surface area contributed by atoms with Gasteiger partial charge in [-0.3, -0.25) is 0 Å². The van der Waals surface area contributed by atoms with Crippen molar-refractivity contribution < 1.29 is 18.7 Å². The Morgan fingerprint density at radius 1 is 1.11 bits per heavy atom. The van der Waals surface area contributed by atoms with Gasteiger partial charge in [0.15, 0.2) is 11.5 Å². The van der Waals surface area contributed by atoms with Crippen LogP contribution in [0.5, 0.6) is 17.2 Å². The first-order valence-corrected chi connectivity index (χ1v) is 8.80. The number of rotatable bonds is 8. The van der Waals surface area contributed by atoms with Crippen LogP contribution in [0.1, 0.15) is 11.5 Å². The average molecular weight is 399 g/mol. The Morgan fingerprint density at radius 2 is 1.89 bits per heavy atom. The van der Waals surface area contributed by atoms with Crippen LogP contribution < -0.4 is 14.2 Å². The summed E-state index contributed by atoms with van der Waals surface area (Å²) in [5, 5.41) is 4.30. The van der Waals surface area contributed by atoms with Crippen molar-refractivity contribution in [1.29, 1.82) is 0 Å². The zero-order valence-corrected chi connectivity index (χ0v) is 16.3. The van der Waals surface area contributed by atoms with Crippen molar-refractivity contribution in [1.82, 2.24) is 10.1 Å². The molecule has 0 aliphatic rings. The first-order valence-electron chi connectivity index (χ1n) is 8.42. The van der Waals surface area contributed by atoms with Crippen LogP contribution in [0.25, 0.3) is 22.5 Å². The number of benzene rings is 2. The zero-order valence-electron chi connectivity index (χ0n) is 15.5. The van der Waals surface area contributed by atoms with Gasteiger partial charge in [-0.25, -0.2) is 0 Å². The number of halogens is 1. The standard InChI is InChI=1S/C21H19ClN2O4/c1-4-11-27-18-10-9-14(13-19(18)26-3)12-16(22)21-23-20(24-28-21)15-7-5-6-8-17(15)25-2/h4-10,12-13H,1,11H2,2-3H3/b16-12-. The molecule has 7 heteroatoms. The van der Waals surface area contributed by atoms with Crippen LogP contribution >= 0.6 is 11.6 Å². The van der Waals surface area contributed by atoms with E-state index in [1.54, 1.807) is 38.5 Å². The van der Waals surface area contributed by atoms with Gasteiger partial charge in [0.05, 0.1) is 19.8 Å². The van der Waals surface area contributed by atoms with E-state index >= 15 is 0 Å². The van der Waals surface area contributed by atoms with Crippen molar-refractivity contribution in [2.75, 3.05) is 20.8 Å². The van der Waals surface area contributed by atoms with Crippen molar-refractivity contribution >= 4 is 22.7 Å². The summed E-state index contributed by atoms with van der Waals surface area (Å²) in [6, 6.07) is 12.9. The van der Waals surface area contributed by atoms with Crippen molar-refractivity contribution in [3.63, 3.8) is 0 Å². The quantitative estimate of drug-likeness (QED) is 0.494. The second kappa shape index (κ2) is 9.10. The Bertz CT molecular complexity index is 998. The fourth-order valence-electron chi connectivity index (χ4n) is 2.51. The first kappa shape index (κ1) is 19.5. The monoisotopic (exact) mass is 398 g/mol. The Kier molecular flexibility index (Phi) is 6.34. The molecular weight excluding hydrogens is 380 g/mol.